The van der Waals surface area contributed by atoms with Crippen molar-refractivity contribution in [3.63, 3.8) is 0 Å². The van der Waals surface area contributed by atoms with Crippen LogP contribution in [0.4, 0.5) is 0 Å². The zero-order valence-corrected chi connectivity index (χ0v) is 15.2. The number of hydrogen-bond acceptors (Lipinski definition) is 3. The largest absolute Gasteiger partial charge is 0.464 e. The second kappa shape index (κ2) is 5.35. The normalized spacial score (nSPS) is 39.0. The Hall–Kier alpha value is -1.29. The highest BCUT2D eigenvalue weighted by Gasteiger charge is 2.57. The third-order valence-electron chi connectivity index (χ3n) is 7.11. The van der Waals surface area contributed by atoms with Crippen LogP contribution < -0.4 is 0 Å². The second-order valence-corrected chi connectivity index (χ2v) is 9.63. The molecule has 1 amide bonds. The SMILES string of the molecule is Cc1ccc(CN(C(=O)CC23CC4CC(CC(O)(C4)C2)C3)C2CC2)o1. The van der Waals surface area contributed by atoms with Crippen LogP contribution in [0.15, 0.2) is 16.5 Å². The molecule has 0 saturated heterocycles. The second-order valence-electron chi connectivity index (χ2n) is 9.63. The van der Waals surface area contributed by atoms with Gasteiger partial charge in [-0.1, -0.05) is 0 Å². The van der Waals surface area contributed by atoms with E-state index in [1.165, 1.54) is 6.42 Å². The minimum absolute atomic E-state index is 0.0577. The predicted octanol–water partition coefficient (Wildman–Crippen LogP) is 3.80. The first kappa shape index (κ1) is 15.9. The molecule has 5 aliphatic rings. The fourth-order valence-corrected chi connectivity index (χ4v) is 6.58. The zero-order chi connectivity index (χ0) is 17.2. The van der Waals surface area contributed by atoms with Gasteiger partial charge in [-0.2, -0.15) is 0 Å². The quantitative estimate of drug-likeness (QED) is 0.885. The molecule has 2 atom stereocenters. The monoisotopic (exact) mass is 343 g/mol. The Morgan fingerprint density at radius 3 is 2.52 bits per heavy atom. The lowest BCUT2D eigenvalue weighted by molar-refractivity contribution is -0.172. The van der Waals surface area contributed by atoms with E-state index in [9.17, 15) is 9.90 Å². The van der Waals surface area contributed by atoms with Crippen LogP contribution in [0, 0.1) is 24.2 Å². The molecule has 4 heteroatoms. The van der Waals surface area contributed by atoms with Crippen molar-refractivity contribution in [2.24, 2.45) is 17.3 Å². The number of rotatable bonds is 5. The zero-order valence-electron chi connectivity index (χ0n) is 15.2. The molecule has 4 bridgehead atoms. The van der Waals surface area contributed by atoms with Gasteiger partial charge >= 0.3 is 0 Å². The van der Waals surface area contributed by atoms with E-state index >= 15 is 0 Å². The molecule has 6 rings (SSSR count). The molecule has 136 valence electrons. The minimum atomic E-state index is -0.479. The van der Waals surface area contributed by atoms with Gasteiger partial charge in [0.05, 0.1) is 12.1 Å². The topological polar surface area (TPSA) is 53.7 Å². The summed E-state index contributed by atoms with van der Waals surface area (Å²) in [6.07, 6.45) is 9.22. The number of aryl methyl sites for hydroxylation is 1. The molecule has 25 heavy (non-hydrogen) atoms. The molecule has 2 unspecified atom stereocenters. The van der Waals surface area contributed by atoms with Gasteiger partial charge in [-0.25, -0.2) is 0 Å². The number of hydrogen-bond donors (Lipinski definition) is 1. The first-order valence-electron chi connectivity index (χ1n) is 9.99. The van der Waals surface area contributed by atoms with Crippen LogP contribution in [0.2, 0.25) is 0 Å². The number of nitrogens with zero attached hydrogens (tertiary/aromatic N) is 1. The van der Waals surface area contributed by atoms with Crippen LogP contribution in [-0.4, -0.2) is 27.6 Å². The van der Waals surface area contributed by atoms with Gasteiger partial charge in [0.1, 0.15) is 11.5 Å². The van der Waals surface area contributed by atoms with E-state index in [2.05, 4.69) is 4.90 Å². The lowest BCUT2D eigenvalue weighted by atomic mass is 9.47. The molecule has 4 nitrogen and oxygen atoms in total. The number of amides is 1. The molecule has 5 saturated carbocycles. The van der Waals surface area contributed by atoms with E-state index in [0.29, 0.717) is 30.8 Å². The first-order valence-corrected chi connectivity index (χ1v) is 9.99. The molecule has 0 spiro atoms. The van der Waals surface area contributed by atoms with Crippen molar-refractivity contribution < 1.29 is 14.3 Å². The Morgan fingerprint density at radius 2 is 1.96 bits per heavy atom. The van der Waals surface area contributed by atoms with Gasteiger partial charge in [0.25, 0.3) is 0 Å². The standard InChI is InChI=1S/C21H29NO3/c1-14-2-5-18(25-14)12-22(17-3-4-17)19(23)11-20-7-15-6-16(8-20)10-21(24,9-15)13-20/h2,5,15-17,24H,3-4,6-13H2,1H3. The van der Waals surface area contributed by atoms with Crippen LogP contribution in [0.25, 0.3) is 0 Å². The van der Waals surface area contributed by atoms with Crippen LogP contribution in [-0.2, 0) is 11.3 Å². The third kappa shape index (κ3) is 2.92. The first-order chi connectivity index (χ1) is 11.9. The summed E-state index contributed by atoms with van der Waals surface area (Å²) in [6.45, 7) is 2.55. The summed E-state index contributed by atoms with van der Waals surface area (Å²) in [5.74, 6) is 3.35. The molecule has 0 radical (unpaired) electrons. The van der Waals surface area contributed by atoms with E-state index in [1.807, 2.05) is 19.1 Å². The van der Waals surface area contributed by atoms with Crippen molar-refractivity contribution in [3.8, 4) is 0 Å². The Bertz CT molecular complexity index is 675. The summed E-state index contributed by atoms with van der Waals surface area (Å²) in [5, 5.41) is 10.9. The van der Waals surface area contributed by atoms with Crippen molar-refractivity contribution >= 4 is 5.91 Å². The van der Waals surface area contributed by atoms with Crippen LogP contribution in [0.1, 0.15) is 69.3 Å². The van der Waals surface area contributed by atoms with Crippen molar-refractivity contribution in [1.82, 2.24) is 4.90 Å². The van der Waals surface area contributed by atoms with Gasteiger partial charge < -0.3 is 14.4 Å². The maximum atomic E-state index is 13.2. The summed E-state index contributed by atoms with van der Waals surface area (Å²) in [5.41, 5.74) is -0.422. The number of carbonyl (C=O) groups excluding carboxylic acids is 1. The Labute approximate surface area is 149 Å². The van der Waals surface area contributed by atoms with Gasteiger partial charge in [-0.05, 0) is 87.7 Å². The fourth-order valence-electron chi connectivity index (χ4n) is 6.58. The summed E-state index contributed by atoms with van der Waals surface area (Å²) < 4.78 is 5.72. The average molecular weight is 343 g/mol. The van der Waals surface area contributed by atoms with Crippen molar-refractivity contribution in [2.45, 2.75) is 82.9 Å². The van der Waals surface area contributed by atoms with E-state index in [0.717, 1.165) is 56.5 Å². The highest BCUT2D eigenvalue weighted by Crippen LogP contribution is 2.63. The fraction of sp³-hybridized carbons (Fsp3) is 0.762. The highest BCUT2D eigenvalue weighted by atomic mass is 16.3. The molecule has 1 heterocycles. The van der Waals surface area contributed by atoms with E-state index in [4.69, 9.17) is 4.42 Å². The smallest absolute Gasteiger partial charge is 0.223 e. The molecular formula is C21H29NO3. The molecule has 1 N–H and O–H groups in total. The highest BCUT2D eigenvalue weighted by molar-refractivity contribution is 5.77. The molecule has 1 aromatic heterocycles. The third-order valence-corrected chi connectivity index (χ3v) is 7.11. The summed E-state index contributed by atoms with van der Waals surface area (Å²) >= 11 is 0. The van der Waals surface area contributed by atoms with Crippen molar-refractivity contribution in [1.29, 1.82) is 0 Å². The summed E-state index contributed by atoms with van der Waals surface area (Å²) in [7, 11) is 0. The van der Waals surface area contributed by atoms with Gasteiger partial charge in [0.15, 0.2) is 0 Å². The van der Waals surface area contributed by atoms with Gasteiger partial charge in [-0.15, -0.1) is 0 Å². The molecule has 5 fully saturated rings. The Morgan fingerprint density at radius 1 is 1.24 bits per heavy atom. The number of aliphatic hydroxyl groups is 1. The summed E-state index contributed by atoms with van der Waals surface area (Å²) in [4.78, 5) is 15.3. The Balaban J connectivity index is 1.33. The summed E-state index contributed by atoms with van der Waals surface area (Å²) in [6, 6.07) is 4.36. The van der Waals surface area contributed by atoms with Crippen molar-refractivity contribution in [2.75, 3.05) is 0 Å². The van der Waals surface area contributed by atoms with E-state index in [-0.39, 0.29) is 11.3 Å². The molecular weight excluding hydrogens is 314 g/mol. The van der Waals surface area contributed by atoms with Crippen LogP contribution >= 0.6 is 0 Å². The lowest BCUT2D eigenvalue weighted by Crippen LogP contribution is -2.56. The van der Waals surface area contributed by atoms with Crippen LogP contribution in [0.5, 0.6) is 0 Å². The molecule has 0 aliphatic heterocycles. The predicted molar refractivity (Wildman–Crippen MR) is 93.7 cm³/mol. The maximum absolute atomic E-state index is 13.2. The number of furan rings is 1. The number of carbonyl (C=O) groups is 1. The van der Waals surface area contributed by atoms with Gasteiger partial charge in [0.2, 0.25) is 5.91 Å². The van der Waals surface area contributed by atoms with Crippen LogP contribution in [0.3, 0.4) is 0 Å². The van der Waals surface area contributed by atoms with Gasteiger partial charge in [0, 0.05) is 12.5 Å². The lowest BCUT2D eigenvalue weighted by Gasteiger charge is -2.60. The minimum Gasteiger partial charge on any atom is -0.464 e. The molecule has 5 aliphatic carbocycles. The van der Waals surface area contributed by atoms with E-state index < -0.39 is 5.60 Å². The average Bonchev–Trinajstić information content (AvgIpc) is 3.24. The van der Waals surface area contributed by atoms with E-state index in [1.54, 1.807) is 0 Å². The van der Waals surface area contributed by atoms with Crippen molar-refractivity contribution in [3.05, 3.63) is 23.7 Å². The maximum Gasteiger partial charge on any atom is 0.223 e. The molecule has 0 aromatic carbocycles. The molecule has 1 aromatic rings. The van der Waals surface area contributed by atoms with Gasteiger partial charge in [-0.3, -0.25) is 4.79 Å². The Kier molecular flexibility index (Phi) is 3.41.